The summed E-state index contributed by atoms with van der Waals surface area (Å²) in [6.07, 6.45) is 0.905. The molecule has 0 aromatic heterocycles. The van der Waals surface area contributed by atoms with Gasteiger partial charge in [0.05, 0.1) is 24.0 Å². The second-order valence-electron chi connectivity index (χ2n) is 5.11. The maximum absolute atomic E-state index is 11.4. The molecule has 0 aliphatic rings. The van der Waals surface area contributed by atoms with E-state index in [-0.39, 0.29) is 0 Å². The lowest BCUT2D eigenvalue weighted by molar-refractivity contribution is 0.0529. The Morgan fingerprint density at radius 3 is 2.48 bits per heavy atom. The summed E-state index contributed by atoms with van der Waals surface area (Å²) in [5.41, 5.74) is 2.52. The number of amides is 1. The molecule has 0 radical (unpaired) electrons. The maximum Gasteiger partial charge on any atom is 0.428 e. The molecule has 0 saturated carbocycles. The smallest absolute Gasteiger partial charge is 0.428 e. The van der Waals surface area contributed by atoms with E-state index in [0.29, 0.717) is 11.5 Å². The van der Waals surface area contributed by atoms with Crippen LogP contribution in [0.15, 0.2) is 17.2 Å². The molecule has 0 atom stereocenters. The summed E-state index contributed by atoms with van der Waals surface area (Å²) >= 11 is 2.14. The van der Waals surface area contributed by atoms with Gasteiger partial charge < -0.3 is 14.2 Å². The standard InChI is InChI=1S/C14H19IN2O4/c1-14(2,3)21-13(18)17-16-8-9-6-10(15)12(20-5)11(7-9)19-4/h6-8H,1-5H3,(H,17,18)/b16-8+. The summed E-state index contributed by atoms with van der Waals surface area (Å²) in [4.78, 5) is 11.4. The van der Waals surface area contributed by atoms with Gasteiger partial charge in [0.2, 0.25) is 0 Å². The number of benzene rings is 1. The second-order valence-corrected chi connectivity index (χ2v) is 6.27. The fraction of sp³-hybridized carbons (Fsp3) is 0.429. The van der Waals surface area contributed by atoms with E-state index in [1.807, 2.05) is 6.07 Å². The summed E-state index contributed by atoms with van der Waals surface area (Å²) in [5.74, 6) is 1.26. The Balaban J connectivity index is 2.77. The summed E-state index contributed by atoms with van der Waals surface area (Å²) in [7, 11) is 3.14. The number of carbonyl (C=O) groups excluding carboxylic acids is 1. The van der Waals surface area contributed by atoms with Crippen LogP contribution in [0, 0.1) is 3.57 Å². The number of carbonyl (C=O) groups is 1. The highest BCUT2D eigenvalue weighted by Gasteiger charge is 2.15. The van der Waals surface area contributed by atoms with Crippen LogP contribution in [-0.4, -0.2) is 32.1 Å². The SMILES string of the molecule is COc1cc(/C=N/NC(=O)OC(C)(C)C)cc(I)c1OC. The molecular weight excluding hydrogens is 387 g/mol. The van der Waals surface area contributed by atoms with Crippen molar-refractivity contribution in [2.45, 2.75) is 26.4 Å². The first-order valence-corrected chi connectivity index (χ1v) is 7.28. The fourth-order valence-corrected chi connectivity index (χ4v) is 2.32. The number of rotatable bonds is 4. The zero-order chi connectivity index (χ0) is 16.0. The Kier molecular flexibility index (Phi) is 6.25. The van der Waals surface area contributed by atoms with Crippen molar-refractivity contribution in [2.24, 2.45) is 5.10 Å². The normalized spacial score (nSPS) is 11.3. The molecule has 0 aliphatic carbocycles. The second kappa shape index (κ2) is 7.48. The quantitative estimate of drug-likeness (QED) is 0.474. The van der Waals surface area contributed by atoms with Gasteiger partial charge in [-0.1, -0.05) is 0 Å². The molecule has 1 N–H and O–H groups in total. The van der Waals surface area contributed by atoms with E-state index in [1.54, 1.807) is 41.1 Å². The van der Waals surface area contributed by atoms with E-state index in [0.717, 1.165) is 9.13 Å². The molecular formula is C14H19IN2O4. The van der Waals surface area contributed by atoms with E-state index in [1.165, 1.54) is 6.21 Å². The number of hydrazone groups is 1. The lowest BCUT2D eigenvalue weighted by Gasteiger charge is -2.18. The van der Waals surface area contributed by atoms with Crippen molar-refractivity contribution in [3.05, 3.63) is 21.3 Å². The third kappa shape index (κ3) is 5.78. The highest BCUT2D eigenvalue weighted by atomic mass is 127. The molecule has 0 spiro atoms. The molecule has 116 valence electrons. The lowest BCUT2D eigenvalue weighted by atomic mass is 10.2. The number of ether oxygens (including phenoxy) is 3. The van der Waals surface area contributed by atoms with E-state index < -0.39 is 11.7 Å². The molecule has 1 rings (SSSR count). The third-order valence-electron chi connectivity index (χ3n) is 2.22. The van der Waals surface area contributed by atoms with Gasteiger partial charge in [0, 0.05) is 0 Å². The van der Waals surface area contributed by atoms with Gasteiger partial charge in [-0.3, -0.25) is 0 Å². The van der Waals surface area contributed by atoms with Gasteiger partial charge in [-0.15, -0.1) is 0 Å². The van der Waals surface area contributed by atoms with Crippen molar-refractivity contribution < 1.29 is 19.0 Å². The van der Waals surface area contributed by atoms with Gasteiger partial charge in [-0.2, -0.15) is 5.10 Å². The average Bonchev–Trinajstić information content (AvgIpc) is 2.35. The zero-order valence-corrected chi connectivity index (χ0v) is 14.8. The van der Waals surface area contributed by atoms with Crippen molar-refractivity contribution in [1.29, 1.82) is 0 Å². The van der Waals surface area contributed by atoms with E-state index in [4.69, 9.17) is 14.2 Å². The van der Waals surface area contributed by atoms with Crippen LogP contribution in [0.5, 0.6) is 11.5 Å². The minimum atomic E-state index is -0.603. The molecule has 0 saturated heterocycles. The van der Waals surface area contributed by atoms with Crippen LogP contribution in [0.25, 0.3) is 0 Å². The molecule has 0 heterocycles. The minimum absolute atomic E-state index is 0.557. The molecule has 1 aromatic rings. The topological polar surface area (TPSA) is 69.2 Å². The van der Waals surface area contributed by atoms with Crippen molar-refractivity contribution in [2.75, 3.05) is 14.2 Å². The third-order valence-corrected chi connectivity index (χ3v) is 3.03. The summed E-state index contributed by atoms with van der Waals surface area (Å²) in [6, 6.07) is 3.63. The van der Waals surface area contributed by atoms with Crippen LogP contribution < -0.4 is 14.9 Å². The number of hydrogen-bond acceptors (Lipinski definition) is 5. The highest BCUT2D eigenvalue weighted by molar-refractivity contribution is 14.1. The molecule has 0 fully saturated rings. The Hall–Kier alpha value is -1.51. The van der Waals surface area contributed by atoms with Crippen molar-refractivity contribution >= 4 is 34.9 Å². The van der Waals surface area contributed by atoms with Gasteiger partial charge in [0.1, 0.15) is 5.60 Å². The number of methoxy groups -OCH3 is 2. The van der Waals surface area contributed by atoms with Crippen LogP contribution in [-0.2, 0) is 4.74 Å². The van der Waals surface area contributed by atoms with Crippen molar-refractivity contribution in [3.8, 4) is 11.5 Å². The predicted octanol–water partition coefficient (Wildman–Crippen LogP) is 3.17. The molecule has 0 bridgehead atoms. The Bertz CT molecular complexity index is 539. The first-order chi connectivity index (χ1) is 9.76. The van der Waals surface area contributed by atoms with Crippen LogP contribution >= 0.6 is 22.6 Å². The average molecular weight is 406 g/mol. The lowest BCUT2D eigenvalue weighted by Crippen LogP contribution is -2.29. The summed E-state index contributed by atoms with van der Waals surface area (Å²) in [6.45, 7) is 5.35. The van der Waals surface area contributed by atoms with Gasteiger partial charge in [0.25, 0.3) is 0 Å². The molecule has 0 aliphatic heterocycles. The molecule has 21 heavy (non-hydrogen) atoms. The van der Waals surface area contributed by atoms with Crippen LogP contribution in [0.1, 0.15) is 26.3 Å². The number of nitrogens with one attached hydrogen (secondary N) is 1. The summed E-state index contributed by atoms with van der Waals surface area (Å²) < 4.78 is 16.5. The monoisotopic (exact) mass is 406 g/mol. The number of halogens is 1. The van der Waals surface area contributed by atoms with Crippen LogP contribution in [0.3, 0.4) is 0 Å². The van der Waals surface area contributed by atoms with Gasteiger partial charge in [-0.05, 0) is 61.1 Å². The van der Waals surface area contributed by atoms with E-state index >= 15 is 0 Å². The maximum atomic E-state index is 11.4. The first-order valence-electron chi connectivity index (χ1n) is 6.20. The number of hydrogen-bond donors (Lipinski definition) is 1. The first kappa shape index (κ1) is 17.5. The molecule has 7 heteroatoms. The zero-order valence-electron chi connectivity index (χ0n) is 12.7. The largest absolute Gasteiger partial charge is 0.493 e. The Morgan fingerprint density at radius 1 is 1.29 bits per heavy atom. The fourth-order valence-electron chi connectivity index (χ4n) is 1.47. The molecule has 1 aromatic carbocycles. The summed E-state index contributed by atoms with van der Waals surface area (Å²) in [5, 5.41) is 3.85. The predicted molar refractivity (Wildman–Crippen MR) is 89.2 cm³/mol. The molecule has 1 amide bonds. The number of nitrogens with zero attached hydrogens (tertiary/aromatic N) is 1. The molecule has 0 unspecified atom stereocenters. The van der Waals surface area contributed by atoms with Crippen LogP contribution in [0.2, 0.25) is 0 Å². The van der Waals surface area contributed by atoms with E-state index in [9.17, 15) is 4.79 Å². The Labute approximate surface area is 138 Å². The van der Waals surface area contributed by atoms with Crippen molar-refractivity contribution in [1.82, 2.24) is 5.43 Å². The van der Waals surface area contributed by atoms with Gasteiger partial charge >= 0.3 is 6.09 Å². The molecule has 6 nitrogen and oxygen atoms in total. The van der Waals surface area contributed by atoms with Gasteiger partial charge in [0.15, 0.2) is 11.5 Å². The van der Waals surface area contributed by atoms with Crippen molar-refractivity contribution in [3.63, 3.8) is 0 Å². The minimum Gasteiger partial charge on any atom is -0.493 e. The van der Waals surface area contributed by atoms with Gasteiger partial charge in [-0.25, -0.2) is 10.2 Å². The Morgan fingerprint density at radius 2 is 1.95 bits per heavy atom. The highest BCUT2D eigenvalue weighted by Crippen LogP contribution is 2.32. The van der Waals surface area contributed by atoms with Crippen LogP contribution in [0.4, 0.5) is 4.79 Å². The van der Waals surface area contributed by atoms with E-state index in [2.05, 4.69) is 33.1 Å².